The van der Waals surface area contributed by atoms with Gasteiger partial charge in [0.25, 0.3) is 11.2 Å². The van der Waals surface area contributed by atoms with E-state index < -0.39 is 4.92 Å². The number of nitro groups is 1. The van der Waals surface area contributed by atoms with Gasteiger partial charge in [-0.1, -0.05) is 49.6 Å². The Hall–Kier alpha value is -4.66. The predicted octanol–water partition coefficient (Wildman–Crippen LogP) is 5.57. The summed E-state index contributed by atoms with van der Waals surface area (Å²) in [5, 5.41) is 17.2. The third-order valence-electron chi connectivity index (χ3n) is 6.99. The first-order valence-corrected chi connectivity index (χ1v) is 12.4. The molecular formula is C28H24N6O3. The summed E-state index contributed by atoms with van der Waals surface area (Å²) in [6.07, 6.45) is 10.2. The van der Waals surface area contributed by atoms with Crippen LogP contribution in [-0.4, -0.2) is 30.3 Å². The van der Waals surface area contributed by atoms with Gasteiger partial charge in [0, 0.05) is 29.1 Å². The summed E-state index contributed by atoms with van der Waals surface area (Å²) in [7, 11) is 0. The Morgan fingerprint density at radius 1 is 0.973 bits per heavy atom. The summed E-state index contributed by atoms with van der Waals surface area (Å²) < 4.78 is 3.33. The molecule has 0 N–H and O–H groups in total. The van der Waals surface area contributed by atoms with Gasteiger partial charge in [-0.15, -0.1) is 0 Å². The number of hydrogen-bond donors (Lipinski definition) is 0. The van der Waals surface area contributed by atoms with E-state index in [4.69, 9.17) is 4.98 Å². The molecule has 0 bridgehead atoms. The number of nitrogens with zero attached hydrogens (tertiary/aromatic N) is 6. The van der Waals surface area contributed by atoms with Crippen LogP contribution in [0.4, 0.5) is 5.69 Å². The van der Waals surface area contributed by atoms with E-state index in [0.717, 1.165) is 42.1 Å². The average molecular weight is 493 g/mol. The molecule has 37 heavy (non-hydrogen) atoms. The summed E-state index contributed by atoms with van der Waals surface area (Å²) in [5.74, 6) is 1.45. The lowest BCUT2D eigenvalue weighted by atomic mass is 9.88. The van der Waals surface area contributed by atoms with Crippen molar-refractivity contribution >= 4 is 33.7 Å². The van der Waals surface area contributed by atoms with E-state index in [1.165, 1.54) is 23.4 Å². The van der Waals surface area contributed by atoms with Gasteiger partial charge in [0.1, 0.15) is 17.8 Å². The van der Waals surface area contributed by atoms with Gasteiger partial charge >= 0.3 is 0 Å². The zero-order valence-corrected chi connectivity index (χ0v) is 20.0. The highest BCUT2D eigenvalue weighted by Crippen LogP contribution is 2.32. The summed E-state index contributed by atoms with van der Waals surface area (Å²) in [6, 6.07) is 18.2. The molecule has 1 aliphatic carbocycles. The van der Waals surface area contributed by atoms with Gasteiger partial charge in [0.05, 0.1) is 27.6 Å². The predicted molar refractivity (Wildman–Crippen MR) is 143 cm³/mol. The molecule has 9 heteroatoms. The molecule has 1 saturated carbocycles. The normalized spacial score (nSPS) is 14.6. The molecule has 5 aromatic rings. The van der Waals surface area contributed by atoms with E-state index >= 15 is 0 Å². The number of rotatable bonds is 5. The first kappa shape index (κ1) is 22.8. The van der Waals surface area contributed by atoms with Crippen LogP contribution in [0.25, 0.3) is 27.6 Å². The van der Waals surface area contributed by atoms with Gasteiger partial charge in [-0.05, 0) is 37.1 Å². The van der Waals surface area contributed by atoms with E-state index in [2.05, 4.69) is 10.1 Å². The summed E-state index contributed by atoms with van der Waals surface area (Å²) in [6.45, 7) is 0. The Labute approximate surface area is 211 Å². The van der Waals surface area contributed by atoms with E-state index in [1.807, 2.05) is 53.2 Å². The lowest BCUT2D eigenvalue weighted by Gasteiger charge is -2.22. The largest absolute Gasteiger partial charge is 0.301 e. The number of pyridine rings is 1. The van der Waals surface area contributed by atoms with Crippen LogP contribution in [0.3, 0.4) is 0 Å². The average Bonchev–Trinajstić information content (AvgIpc) is 3.31. The molecule has 0 amide bonds. The molecular weight excluding hydrogens is 468 g/mol. The maximum absolute atomic E-state index is 13.5. The monoisotopic (exact) mass is 492 g/mol. The number of hydrogen-bond acceptors (Lipinski definition) is 6. The van der Waals surface area contributed by atoms with Crippen molar-refractivity contribution in [1.82, 2.24) is 19.2 Å². The van der Waals surface area contributed by atoms with Gasteiger partial charge in [-0.2, -0.15) is 9.78 Å². The van der Waals surface area contributed by atoms with Crippen molar-refractivity contribution in [3.8, 4) is 5.82 Å². The molecule has 9 nitrogen and oxygen atoms in total. The Balaban J connectivity index is 1.47. The van der Waals surface area contributed by atoms with Crippen LogP contribution >= 0.6 is 0 Å². The van der Waals surface area contributed by atoms with Crippen LogP contribution in [0, 0.1) is 10.1 Å². The topological polar surface area (TPSA) is 108 Å². The fourth-order valence-corrected chi connectivity index (χ4v) is 5.12. The third-order valence-corrected chi connectivity index (χ3v) is 6.99. The number of fused-ring (bicyclic) bond motifs is 2. The van der Waals surface area contributed by atoms with Crippen molar-refractivity contribution < 1.29 is 4.92 Å². The van der Waals surface area contributed by atoms with Crippen molar-refractivity contribution in [3.63, 3.8) is 0 Å². The van der Waals surface area contributed by atoms with Crippen LogP contribution in [0.15, 0.2) is 83.0 Å². The highest BCUT2D eigenvalue weighted by Gasteiger charge is 2.22. The Kier molecular flexibility index (Phi) is 5.80. The lowest BCUT2D eigenvalue weighted by Crippen LogP contribution is -2.25. The minimum atomic E-state index is -0.470. The van der Waals surface area contributed by atoms with Crippen molar-refractivity contribution in [3.05, 3.63) is 105 Å². The highest BCUT2D eigenvalue weighted by molar-refractivity contribution is 6.00. The fourth-order valence-electron chi connectivity index (χ4n) is 5.12. The molecule has 0 radical (unpaired) electrons. The van der Waals surface area contributed by atoms with Crippen molar-refractivity contribution in [2.24, 2.45) is 5.10 Å². The Morgan fingerprint density at radius 3 is 2.49 bits per heavy atom. The molecule has 3 heterocycles. The molecule has 0 aliphatic heterocycles. The molecule has 0 unspecified atom stereocenters. The van der Waals surface area contributed by atoms with Gasteiger partial charge in [0.15, 0.2) is 0 Å². The van der Waals surface area contributed by atoms with Gasteiger partial charge in [-0.3, -0.25) is 14.9 Å². The zero-order chi connectivity index (χ0) is 25.4. The fraction of sp³-hybridized carbons (Fsp3) is 0.214. The minimum absolute atomic E-state index is 0.0691. The molecule has 1 fully saturated rings. The molecule has 0 saturated heterocycles. The van der Waals surface area contributed by atoms with Crippen LogP contribution in [0.1, 0.15) is 49.4 Å². The van der Waals surface area contributed by atoms with Gasteiger partial charge in [0.2, 0.25) is 0 Å². The van der Waals surface area contributed by atoms with E-state index in [1.54, 1.807) is 18.3 Å². The number of para-hydroxylation sites is 2. The quantitative estimate of drug-likeness (QED) is 0.181. The summed E-state index contributed by atoms with van der Waals surface area (Å²) in [4.78, 5) is 33.3. The first-order chi connectivity index (χ1) is 18.1. The van der Waals surface area contributed by atoms with Gasteiger partial charge < -0.3 is 4.57 Å². The Bertz CT molecular complexity index is 1710. The van der Waals surface area contributed by atoms with Crippen LogP contribution in [0.5, 0.6) is 0 Å². The van der Waals surface area contributed by atoms with Crippen LogP contribution < -0.4 is 5.56 Å². The molecule has 1 aliphatic rings. The van der Waals surface area contributed by atoms with E-state index in [9.17, 15) is 14.9 Å². The minimum Gasteiger partial charge on any atom is -0.301 e. The maximum atomic E-state index is 13.5. The van der Waals surface area contributed by atoms with Crippen molar-refractivity contribution in [2.45, 2.75) is 38.0 Å². The highest BCUT2D eigenvalue weighted by atomic mass is 16.6. The molecule has 0 spiro atoms. The van der Waals surface area contributed by atoms with Crippen LogP contribution in [0.2, 0.25) is 0 Å². The second kappa shape index (κ2) is 9.42. The molecule has 3 aromatic heterocycles. The lowest BCUT2D eigenvalue weighted by molar-refractivity contribution is -0.385. The van der Waals surface area contributed by atoms with Crippen LogP contribution in [-0.2, 0) is 0 Å². The number of benzene rings is 2. The third kappa shape index (κ3) is 4.18. The van der Waals surface area contributed by atoms with E-state index in [0.29, 0.717) is 22.5 Å². The second-order valence-electron chi connectivity index (χ2n) is 9.29. The molecule has 2 aromatic carbocycles. The zero-order valence-electron chi connectivity index (χ0n) is 20.0. The standard InChI is InChI=1S/C28H24N6O3/c35-28-23-11-4-6-12-24(23)31-27(19-8-2-1-3-9-19)33(28)30-16-20-18-32(25-13-7-5-10-22(20)25)26-15-14-21(17-29-26)34(36)37/h4-7,10-19H,1-3,8-9H2. The van der Waals surface area contributed by atoms with Gasteiger partial charge in [-0.25, -0.2) is 9.97 Å². The number of aromatic nitrogens is 4. The second-order valence-corrected chi connectivity index (χ2v) is 9.29. The van der Waals surface area contributed by atoms with Crippen molar-refractivity contribution in [1.29, 1.82) is 0 Å². The molecule has 184 valence electrons. The summed E-state index contributed by atoms with van der Waals surface area (Å²) >= 11 is 0. The van der Waals surface area contributed by atoms with Crippen molar-refractivity contribution in [2.75, 3.05) is 0 Å². The maximum Gasteiger partial charge on any atom is 0.287 e. The summed E-state index contributed by atoms with van der Waals surface area (Å²) in [5.41, 5.74) is 2.12. The first-order valence-electron chi connectivity index (χ1n) is 12.4. The Morgan fingerprint density at radius 2 is 1.73 bits per heavy atom. The molecule has 6 rings (SSSR count). The molecule has 0 atom stereocenters. The smallest absolute Gasteiger partial charge is 0.287 e. The SMILES string of the molecule is O=c1c2ccccc2nc(C2CCCCC2)n1N=Cc1cn(-c2ccc([N+](=O)[O-])cn2)c2ccccc12. The van der Waals surface area contributed by atoms with E-state index in [-0.39, 0.29) is 17.2 Å².